The molecule has 1 heterocycles. The lowest BCUT2D eigenvalue weighted by molar-refractivity contribution is 0.0720. The van der Waals surface area contributed by atoms with Crippen molar-refractivity contribution >= 4 is 41.3 Å². The smallest absolute Gasteiger partial charge is 0.343 e. The Balaban J connectivity index is 1.46. The van der Waals surface area contributed by atoms with Crippen molar-refractivity contribution in [1.82, 2.24) is 0 Å². The Morgan fingerprint density at radius 3 is 1.83 bits per heavy atom. The first kappa shape index (κ1) is 25.9. The Morgan fingerprint density at radius 1 is 0.610 bits per heavy atom. The highest BCUT2D eigenvalue weighted by molar-refractivity contribution is 7.75. The topological polar surface area (TPSA) is 131 Å². The molecule has 6 rings (SSSR count). The van der Waals surface area contributed by atoms with Gasteiger partial charge in [-0.15, -0.1) is 0 Å². The van der Waals surface area contributed by atoms with Gasteiger partial charge in [-0.2, -0.15) is 0 Å². The zero-order chi connectivity index (χ0) is 28.6. The lowest BCUT2D eigenvalue weighted by Gasteiger charge is -2.29. The molecule has 0 fully saturated rings. The number of fused-ring (bicyclic) bond motifs is 3. The maximum absolute atomic E-state index is 15.0. The summed E-state index contributed by atoms with van der Waals surface area (Å²) in [4.78, 5) is 26.0. The quantitative estimate of drug-likeness (QED) is 0.123. The zero-order valence-electron chi connectivity index (χ0n) is 21.5. The molecule has 1 atom stereocenters. The van der Waals surface area contributed by atoms with Gasteiger partial charge in [-0.25, -0.2) is 9.59 Å². The highest BCUT2D eigenvalue weighted by Gasteiger charge is 2.40. The summed E-state index contributed by atoms with van der Waals surface area (Å²) in [6.07, 6.45) is 0. The Kier molecular flexibility index (Phi) is 6.53. The van der Waals surface area contributed by atoms with Crippen LogP contribution in [0.3, 0.4) is 0 Å². The van der Waals surface area contributed by atoms with Crippen molar-refractivity contribution in [3.05, 3.63) is 126 Å². The summed E-state index contributed by atoms with van der Waals surface area (Å²) in [7, 11) is -3.94. The molecular weight excluding hydrogens is 539 g/mol. The third-order valence-electron chi connectivity index (χ3n) is 6.58. The van der Waals surface area contributed by atoms with Crippen LogP contribution in [0.25, 0.3) is 11.1 Å². The van der Waals surface area contributed by atoms with Crippen LogP contribution in [0.4, 0.5) is 11.4 Å². The van der Waals surface area contributed by atoms with Crippen LogP contribution in [0.5, 0.6) is 17.2 Å². The van der Waals surface area contributed by atoms with Gasteiger partial charge in [0.05, 0.1) is 21.7 Å². The predicted octanol–water partition coefficient (Wildman–Crippen LogP) is 5.58. The average Bonchev–Trinajstić information content (AvgIpc) is 2.98. The highest BCUT2D eigenvalue weighted by atomic mass is 31.2. The highest BCUT2D eigenvalue weighted by Crippen LogP contribution is 2.55. The Bertz CT molecular complexity index is 1850. The summed E-state index contributed by atoms with van der Waals surface area (Å²) < 4.78 is 32.6. The Hall–Kier alpha value is -5.33. The van der Waals surface area contributed by atoms with Crippen LogP contribution in [-0.2, 0) is 4.57 Å². The number of esters is 2. The van der Waals surface area contributed by atoms with Gasteiger partial charge in [0, 0.05) is 16.9 Å². The number of carbonyl (C=O) groups excluding carboxylic acids is 2. The van der Waals surface area contributed by atoms with E-state index in [1.54, 1.807) is 60.7 Å². The van der Waals surface area contributed by atoms with Crippen molar-refractivity contribution < 1.29 is 28.2 Å². The number of para-hydroxylation sites is 1. The van der Waals surface area contributed by atoms with Crippen LogP contribution in [0.1, 0.15) is 20.7 Å². The number of rotatable bonds is 5. The molecular formula is C32H23N2O6P. The molecule has 202 valence electrons. The third-order valence-corrected chi connectivity index (χ3v) is 9.04. The first-order valence-corrected chi connectivity index (χ1v) is 14.2. The lowest BCUT2D eigenvalue weighted by atomic mass is 10.0. The SMILES string of the molecule is Nc1ccc(C(=O)Oc2ccc(OC(=O)c3ccc(N)cc3)c(P3(=O)Oc4ccccc4-c4ccccc43)c2)cc1. The number of hydrogen-bond acceptors (Lipinski definition) is 8. The van der Waals surface area contributed by atoms with Gasteiger partial charge >= 0.3 is 19.3 Å². The number of ether oxygens (including phenoxy) is 2. The number of benzene rings is 5. The van der Waals surface area contributed by atoms with Crippen molar-refractivity contribution in [1.29, 1.82) is 0 Å². The maximum atomic E-state index is 15.0. The molecule has 0 aliphatic carbocycles. The number of nitrogens with two attached hydrogens (primary N) is 2. The average molecular weight is 563 g/mol. The molecule has 8 nitrogen and oxygen atoms in total. The molecule has 4 N–H and O–H groups in total. The van der Waals surface area contributed by atoms with E-state index in [4.69, 9.17) is 25.5 Å². The second-order valence-corrected chi connectivity index (χ2v) is 11.6. The molecule has 9 heteroatoms. The molecule has 0 bridgehead atoms. The van der Waals surface area contributed by atoms with E-state index in [0.717, 1.165) is 11.1 Å². The Labute approximate surface area is 235 Å². The lowest BCUT2D eigenvalue weighted by Crippen LogP contribution is -2.27. The zero-order valence-corrected chi connectivity index (χ0v) is 22.4. The normalized spacial score (nSPS) is 15.1. The van der Waals surface area contributed by atoms with Gasteiger partial charge in [-0.05, 0) is 84.4 Å². The van der Waals surface area contributed by atoms with Gasteiger partial charge in [-0.3, -0.25) is 4.57 Å². The first-order valence-electron chi connectivity index (χ1n) is 12.6. The summed E-state index contributed by atoms with van der Waals surface area (Å²) in [5.41, 5.74) is 14.5. The first-order chi connectivity index (χ1) is 19.8. The van der Waals surface area contributed by atoms with Gasteiger partial charge in [-0.1, -0.05) is 36.4 Å². The minimum atomic E-state index is -3.94. The van der Waals surface area contributed by atoms with Crippen LogP contribution in [-0.4, -0.2) is 11.9 Å². The summed E-state index contributed by atoms with van der Waals surface area (Å²) in [5.74, 6) is -0.832. The Morgan fingerprint density at radius 2 is 1.17 bits per heavy atom. The molecule has 5 aromatic carbocycles. The van der Waals surface area contributed by atoms with Gasteiger partial charge in [0.15, 0.2) is 0 Å². The molecule has 41 heavy (non-hydrogen) atoms. The van der Waals surface area contributed by atoms with E-state index in [1.807, 2.05) is 24.3 Å². The fourth-order valence-electron chi connectivity index (χ4n) is 4.53. The molecule has 0 saturated heterocycles. The van der Waals surface area contributed by atoms with Crippen molar-refractivity contribution in [2.45, 2.75) is 0 Å². The number of nitrogen functional groups attached to an aromatic ring is 2. The molecule has 0 saturated carbocycles. The van der Waals surface area contributed by atoms with Crippen molar-refractivity contribution in [3.63, 3.8) is 0 Å². The fraction of sp³-hybridized carbons (Fsp3) is 0. The second kappa shape index (κ2) is 10.3. The van der Waals surface area contributed by atoms with Crippen molar-refractivity contribution in [2.75, 3.05) is 11.5 Å². The van der Waals surface area contributed by atoms with Gasteiger partial charge in [0.25, 0.3) is 0 Å². The predicted molar refractivity (Wildman–Crippen MR) is 157 cm³/mol. The van der Waals surface area contributed by atoms with Crippen LogP contribution < -0.4 is 36.1 Å². The van der Waals surface area contributed by atoms with Gasteiger partial charge < -0.3 is 25.5 Å². The molecule has 1 aliphatic heterocycles. The second-order valence-electron chi connectivity index (χ2n) is 9.31. The molecule has 0 spiro atoms. The molecule has 0 aromatic heterocycles. The molecule has 0 radical (unpaired) electrons. The van der Waals surface area contributed by atoms with E-state index in [-0.39, 0.29) is 27.9 Å². The minimum absolute atomic E-state index is 0.00312. The molecule has 1 aliphatic rings. The van der Waals surface area contributed by atoms with E-state index in [0.29, 0.717) is 22.4 Å². The van der Waals surface area contributed by atoms with E-state index in [2.05, 4.69) is 0 Å². The van der Waals surface area contributed by atoms with E-state index in [1.165, 1.54) is 30.3 Å². The monoisotopic (exact) mass is 562 g/mol. The minimum Gasteiger partial charge on any atom is -0.436 e. The van der Waals surface area contributed by atoms with E-state index in [9.17, 15) is 14.2 Å². The molecule has 5 aromatic rings. The van der Waals surface area contributed by atoms with Crippen LogP contribution in [0, 0.1) is 0 Å². The summed E-state index contributed by atoms with van der Waals surface area (Å²) in [6, 6.07) is 31.2. The summed E-state index contributed by atoms with van der Waals surface area (Å²) in [5, 5.41) is 0.483. The summed E-state index contributed by atoms with van der Waals surface area (Å²) in [6.45, 7) is 0. The van der Waals surface area contributed by atoms with Crippen LogP contribution in [0.15, 0.2) is 115 Å². The maximum Gasteiger partial charge on any atom is 0.343 e. The van der Waals surface area contributed by atoms with E-state index < -0.39 is 19.3 Å². The summed E-state index contributed by atoms with van der Waals surface area (Å²) >= 11 is 0. The van der Waals surface area contributed by atoms with Crippen molar-refractivity contribution in [3.8, 4) is 28.4 Å². The fourth-order valence-corrected chi connectivity index (χ4v) is 6.93. The van der Waals surface area contributed by atoms with Crippen LogP contribution >= 0.6 is 7.37 Å². The number of hydrogen-bond donors (Lipinski definition) is 2. The van der Waals surface area contributed by atoms with Crippen LogP contribution in [0.2, 0.25) is 0 Å². The van der Waals surface area contributed by atoms with Gasteiger partial charge in [0.1, 0.15) is 17.2 Å². The van der Waals surface area contributed by atoms with E-state index >= 15 is 0 Å². The largest absolute Gasteiger partial charge is 0.436 e. The number of anilines is 2. The van der Waals surface area contributed by atoms with Crippen molar-refractivity contribution in [2.24, 2.45) is 0 Å². The molecule has 0 amide bonds. The van der Waals surface area contributed by atoms with Gasteiger partial charge in [0.2, 0.25) is 0 Å². The molecule has 1 unspecified atom stereocenters. The third kappa shape index (κ3) is 4.93. The number of carbonyl (C=O) groups is 2. The standard InChI is InChI=1S/C32H23N2O6P/c33-22-13-9-20(10-14-22)31(35)38-24-17-18-28(39-32(36)21-11-15-23(34)16-12-21)30(19-24)41(37)29-8-4-2-6-26(29)25-5-1-3-7-27(25)40-41/h1-19H,33-34H2.